The molecule has 1 aliphatic heterocycles. The van der Waals surface area contributed by atoms with E-state index in [1.165, 1.54) is 18.3 Å². The van der Waals surface area contributed by atoms with Gasteiger partial charge in [-0.05, 0) is 18.2 Å². The normalized spacial score (nSPS) is 16.6. The average molecular weight is 433 g/mol. The third kappa shape index (κ3) is 5.47. The first kappa shape index (κ1) is 21.6. The van der Waals surface area contributed by atoms with Crippen LogP contribution in [0.5, 0.6) is 0 Å². The van der Waals surface area contributed by atoms with Crippen molar-refractivity contribution in [2.75, 3.05) is 44.7 Å². The number of hydrogen-bond donors (Lipinski definition) is 2. The first-order valence-electron chi connectivity index (χ1n) is 8.93. The lowest BCUT2D eigenvalue weighted by atomic mass is 10.2. The summed E-state index contributed by atoms with van der Waals surface area (Å²) in [5.74, 6) is 0. The van der Waals surface area contributed by atoms with Gasteiger partial charge in [0, 0.05) is 26.2 Å². The number of ether oxygens (including phenoxy) is 1. The maximum absolute atomic E-state index is 12.9. The van der Waals surface area contributed by atoms with Crippen LogP contribution in [0.2, 0.25) is 5.02 Å². The number of nitrogens with one attached hydrogen (secondary N) is 1. The molecule has 0 aliphatic carbocycles. The fourth-order valence-corrected chi connectivity index (χ4v) is 3.12. The molecular weight excluding hydrogens is 413 g/mol. The molecule has 2 N–H and O–H groups in total. The van der Waals surface area contributed by atoms with Crippen LogP contribution in [0.3, 0.4) is 0 Å². The van der Waals surface area contributed by atoms with Crippen molar-refractivity contribution < 1.29 is 23.0 Å². The predicted molar refractivity (Wildman–Crippen MR) is 102 cm³/mol. The highest BCUT2D eigenvalue weighted by atomic mass is 35.5. The Hall–Kier alpha value is -2.14. The van der Waals surface area contributed by atoms with Gasteiger partial charge >= 0.3 is 6.18 Å². The minimum atomic E-state index is -4.54. The van der Waals surface area contributed by atoms with Crippen molar-refractivity contribution in [1.82, 2.24) is 14.7 Å². The summed E-state index contributed by atoms with van der Waals surface area (Å²) in [5, 5.41) is 16.7. The van der Waals surface area contributed by atoms with Crippen LogP contribution in [0.25, 0.3) is 5.69 Å². The van der Waals surface area contributed by atoms with E-state index < -0.39 is 23.4 Å². The molecule has 7 nitrogen and oxygen atoms in total. The first-order chi connectivity index (χ1) is 13.8. The summed E-state index contributed by atoms with van der Waals surface area (Å²) in [6.45, 7) is 3.25. The van der Waals surface area contributed by atoms with Crippen molar-refractivity contribution in [2.24, 2.45) is 0 Å². The van der Waals surface area contributed by atoms with Gasteiger partial charge in [0.1, 0.15) is 5.02 Å². The third-order valence-corrected chi connectivity index (χ3v) is 4.80. The second-order valence-electron chi connectivity index (χ2n) is 6.58. The molecule has 0 spiro atoms. The number of halogens is 4. The number of aliphatic hydroxyl groups excluding tert-OH is 1. The lowest BCUT2D eigenvalue weighted by Gasteiger charge is -2.28. The highest BCUT2D eigenvalue weighted by molar-refractivity contribution is 6.32. The quantitative estimate of drug-likeness (QED) is 0.727. The molecule has 1 atom stereocenters. The van der Waals surface area contributed by atoms with E-state index in [4.69, 9.17) is 16.3 Å². The molecule has 1 aromatic carbocycles. The zero-order valence-corrected chi connectivity index (χ0v) is 16.1. The molecule has 1 fully saturated rings. The second-order valence-corrected chi connectivity index (χ2v) is 6.96. The molecule has 11 heteroatoms. The Balaban J connectivity index is 1.70. The van der Waals surface area contributed by atoms with Gasteiger partial charge in [-0.1, -0.05) is 17.7 Å². The molecule has 2 heterocycles. The van der Waals surface area contributed by atoms with Crippen molar-refractivity contribution in [3.8, 4) is 5.69 Å². The van der Waals surface area contributed by atoms with Crippen molar-refractivity contribution in [2.45, 2.75) is 12.3 Å². The number of aromatic nitrogens is 2. The van der Waals surface area contributed by atoms with Gasteiger partial charge in [-0.3, -0.25) is 9.69 Å². The molecule has 0 amide bonds. The van der Waals surface area contributed by atoms with E-state index >= 15 is 0 Å². The Labute approximate surface area is 169 Å². The van der Waals surface area contributed by atoms with Gasteiger partial charge in [-0.15, -0.1) is 0 Å². The fourth-order valence-electron chi connectivity index (χ4n) is 2.93. The molecule has 29 heavy (non-hydrogen) atoms. The van der Waals surface area contributed by atoms with Crippen LogP contribution in [0.15, 0.2) is 35.3 Å². The largest absolute Gasteiger partial charge is 0.416 e. The molecule has 1 unspecified atom stereocenters. The van der Waals surface area contributed by atoms with Gasteiger partial charge in [0.05, 0.1) is 42.5 Å². The smallest absolute Gasteiger partial charge is 0.390 e. The van der Waals surface area contributed by atoms with Crippen LogP contribution in [0.4, 0.5) is 18.9 Å². The van der Waals surface area contributed by atoms with Gasteiger partial charge in [-0.2, -0.15) is 23.0 Å². The van der Waals surface area contributed by atoms with Crippen LogP contribution in [-0.4, -0.2) is 65.3 Å². The summed E-state index contributed by atoms with van der Waals surface area (Å²) in [4.78, 5) is 14.5. The molecule has 1 aliphatic rings. The number of hydrogen-bond acceptors (Lipinski definition) is 6. The first-order valence-corrected chi connectivity index (χ1v) is 9.31. The summed E-state index contributed by atoms with van der Waals surface area (Å²) in [7, 11) is 0. The number of alkyl halides is 3. The van der Waals surface area contributed by atoms with Crippen LogP contribution >= 0.6 is 11.6 Å². The molecule has 3 rings (SSSR count). The third-order valence-electron chi connectivity index (χ3n) is 4.44. The van der Waals surface area contributed by atoms with Crippen LogP contribution in [0, 0.1) is 0 Å². The Bertz CT molecular complexity index is 901. The SMILES string of the molecule is O=c1c(Cl)c(NCC(O)CN2CCOCC2)cnn1-c1cccc(C(F)(F)F)c1. The summed E-state index contributed by atoms with van der Waals surface area (Å²) < 4.78 is 44.7. The maximum Gasteiger partial charge on any atom is 0.416 e. The lowest BCUT2D eigenvalue weighted by Crippen LogP contribution is -2.42. The number of anilines is 1. The summed E-state index contributed by atoms with van der Waals surface area (Å²) in [6.07, 6.45) is -4.01. The van der Waals surface area contributed by atoms with Crippen molar-refractivity contribution in [3.63, 3.8) is 0 Å². The van der Waals surface area contributed by atoms with E-state index in [0.717, 1.165) is 29.9 Å². The molecule has 0 saturated carbocycles. The summed E-state index contributed by atoms with van der Waals surface area (Å²) in [5.41, 5.74) is -1.52. The van der Waals surface area contributed by atoms with E-state index in [1.807, 2.05) is 0 Å². The maximum atomic E-state index is 12.9. The number of nitrogens with zero attached hydrogens (tertiary/aromatic N) is 3. The summed E-state index contributed by atoms with van der Waals surface area (Å²) in [6, 6.07) is 4.25. The summed E-state index contributed by atoms with van der Waals surface area (Å²) >= 11 is 6.09. The minimum Gasteiger partial charge on any atom is -0.390 e. The van der Waals surface area contributed by atoms with Gasteiger partial charge in [0.15, 0.2) is 0 Å². The zero-order chi connectivity index (χ0) is 21.0. The van der Waals surface area contributed by atoms with Crippen LogP contribution in [0.1, 0.15) is 5.56 Å². The Morgan fingerprint density at radius 2 is 2.03 bits per heavy atom. The number of rotatable bonds is 6. The van der Waals surface area contributed by atoms with Crippen molar-refractivity contribution in [3.05, 3.63) is 51.4 Å². The fraction of sp³-hybridized carbons (Fsp3) is 0.444. The molecule has 1 aromatic heterocycles. The van der Waals surface area contributed by atoms with E-state index in [0.29, 0.717) is 19.8 Å². The Morgan fingerprint density at radius 1 is 1.31 bits per heavy atom. The van der Waals surface area contributed by atoms with Crippen molar-refractivity contribution >= 4 is 17.3 Å². The average Bonchev–Trinajstić information content (AvgIpc) is 2.69. The molecule has 1 saturated heterocycles. The standard InChI is InChI=1S/C18H20ClF3N4O3/c19-16-15(23-9-14(27)11-25-4-6-29-7-5-25)10-24-26(17(16)28)13-3-1-2-12(8-13)18(20,21)22/h1-3,8,10,14,23,27H,4-7,9,11H2. The second kappa shape index (κ2) is 9.12. The molecule has 0 radical (unpaired) electrons. The van der Waals surface area contributed by atoms with E-state index in [1.54, 1.807) is 0 Å². The number of benzene rings is 1. The molecule has 2 aromatic rings. The van der Waals surface area contributed by atoms with E-state index in [9.17, 15) is 23.1 Å². The van der Waals surface area contributed by atoms with Gasteiger partial charge < -0.3 is 15.2 Å². The monoisotopic (exact) mass is 432 g/mol. The van der Waals surface area contributed by atoms with Gasteiger partial charge in [0.25, 0.3) is 5.56 Å². The van der Waals surface area contributed by atoms with Crippen LogP contribution in [-0.2, 0) is 10.9 Å². The topological polar surface area (TPSA) is 79.6 Å². The number of morpholine rings is 1. The number of aliphatic hydroxyl groups is 1. The molecular formula is C18H20ClF3N4O3. The minimum absolute atomic E-state index is 0.0503. The number of β-amino-alcohol motifs (C(OH)–C–C–N with tert-alkyl or cyclic N) is 1. The molecule has 158 valence electrons. The van der Waals surface area contributed by atoms with Gasteiger partial charge in [-0.25, -0.2) is 0 Å². The highest BCUT2D eigenvalue weighted by Gasteiger charge is 2.30. The predicted octanol–water partition coefficient (Wildman–Crippen LogP) is 2.01. The van der Waals surface area contributed by atoms with E-state index in [-0.39, 0.29) is 22.9 Å². The van der Waals surface area contributed by atoms with Crippen molar-refractivity contribution in [1.29, 1.82) is 0 Å². The lowest BCUT2D eigenvalue weighted by molar-refractivity contribution is -0.137. The van der Waals surface area contributed by atoms with Crippen LogP contribution < -0.4 is 10.9 Å². The van der Waals surface area contributed by atoms with E-state index in [2.05, 4.69) is 15.3 Å². The van der Waals surface area contributed by atoms with Gasteiger partial charge in [0.2, 0.25) is 0 Å². The zero-order valence-electron chi connectivity index (χ0n) is 15.3. The Kier molecular flexibility index (Phi) is 6.78. The molecule has 0 bridgehead atoms. The Morgan fingerprint density at radius 3 is 2.72 bits per heavy atom. The highest BCUT2D eigenvalue weighted by Crippen LogP contribution is 2.30.